The van der Waals surface area contributed by atoms with Gasteiger partial charge >= 0.3 is 0 Å². The molecule has 0 saturated carbocycles. The van der Waals surface area contributed by atoms with E-state index in [0.29, 0.717) is 0 Å². The second-order valence-corrected chi connectivity index (χ2v) is 5.96. The van der Waals surface area contributed by atoms with Gasteiger partial charge < -0.3 is 5.32 Å². The zero-order valence-corrected chi connectivity index (χ0v) is 12.6. The number of fused-ring (bicyclic) bond motifs is 1. The lowest BCUT2D eigenvalue weighted by atomic mass is 10.2. The van der Waals surface area contributed by atoms with Crippen molar-refractivity contribution in [2.75, 3.05) is 5.32 Å². The Morgan fingerprint density at radius 1 is 1.26 bits per heavy atom. The maximum atomic E-state index is 4.43. The molecule has 0 amide bonds. The molecule has 1 N–H and O–H groups in total. The molecular weight excluding hydrogens is 324 g/mol. The zero-order valence-electron chi connectivity index (χ0n) is 10.2. The lowest BCUT2D eigenvalue weighted by Gasteiger charge is -2.14. The Morgan fingerprint density at radius 3 is 2.95 bits per heavy atom. The van der Waals surface area contributed by atoms with Crippen LogP contribution in [0.2, 0.25) is 0 Å². The topological polar surface area (TPSA) is 50.7 Å². The molecule has 0 fully saturated rings. The van der Waals surface area contributed by atoms with Crippen molar-refractivity contribution in [3.05, 3.63) is 45.6 Å². The standard InChI is InChI=1S/C13H11BrN4S/c1-8(13-16-4-5-19-13)18-10-2-3-15-11-6-9(14)7-17-12(10)11/h2-8H,1H3,(H,15,18). The molecule has 96 valence electrons. The number of thiazole rings is 1. The first-order valence-corrected chi connectivity index (χ1v) is 7.47. The summed E-state index contributed by atoms with van der Waals surface area (Å²) in [5.41, 5.74) is 2.71. The largest absolute Gasteiger partial charge is 0.374 e. The molecule has 4 nitrogen and oxygen atoms in total. The van der Waals surface area contributed by atoms with Gasteiger partial charge in [0.25, 0.3) is 0 Å². The van der Waals surface area contributed by atoms with Crippen molar-refractivity contribution < 1.29 is 0 Å². The van der Waals surface area contributed by atoms with E-state index < -0.39 is 0 Å². The minimum atomic E-state index is 0.149. The van der Waals surface area contributed by atoms with Gasteiger partial charge in [-0.3, -0.25) is 9.97 Å². The molecule has 3 rings (SSSR count). The number of rotatable bonds is 3. The molecule has 6 heteroatoms. The summed E-state index contributed by atoms with van der Waals surface area (Å²) < 4.78 is 0.928. The van der Waals surface area contributed by atoms with Gasteiger partial charge in [0, 0.05) is 28.4 Å². The van der Waals surface area contributed by atoms with Crippen LogP contribution in [0, 0.1) is 0 Å². The number of hydrogen-bond donors (Lipinski definition) is 1. The van der Waals surface area contributed by atoms with Crippen molar-refractivity contribution in [1.29, 1.82) is 0 Å². The summed E-state index contributed by atoms with van der Waals surface area (Å²) in [6.07, 6.45) is 5.38. The van der Waals surface area contributed by atoms with E-state index in [9.17, 15) is 0 Å². The Labute approximate surface area is 123 Å². The molecule has 0 saturated heterocycles. The summed E-state index contributed by atoms with van der Waals surface area (Å²) >= 11 is 5.05. The monoisotopic (exact) mass is 334 g/mol. The number of hydrogen-bond acceptors (Lipinski definition) is 5. The number of anilines is 1. The molecular formula is C13H11BrN4S. The smallest absolute Gasteiger partial charge is 0.115 e. The van der Waals surface area contributed by atoms with Crippen LogP contribution in [0.15, 0.2) is 40.6 Å². The zero-order chi connectivity index (χ0) is 13.2. The number of pyridine rings is 2. The van der Waals surface area contributed by atoms with Crippen molar-refractivity contribution in [3.63, 3.8) is 0 Å². The van der Waals surface area contributed by atoms with Gasteiger partial charge in [-0.05, 0) is 35.0 Å². The summed E-state index contributed by atoms with van der Waals surface area (Å²) in [5, 5.41) is 6.47. The van der Waals surface area contributed by atoms with Crippen molar-refractivity contribution in [2.24, 2.45) is 0 Å². The molecule has 0 aromatic carbocycles. The lowest BCUT2D eigenvalue weighted by Crippen LogP contribution is -2.07. The molecule has 19 heavy (non-hydrogen) atoms. The molecule has 3 aromatic rings. The fraction of sp³-hybridized carbons (Fsp3) is 0.154. The molecule has 0 spiro atoms. The van der Waals surface area contributed by atoms with Crippen LogP contribution in [-0.4, -0.2) is 15.0 Å². The van der Waals surface area contributed by atoms with Crippen molar-refractivity contribution >= 4 is 44.0 Å². The minimum Gasteiger partial charge on any atom is -0.374 e. The van der Waals surface area contributed by atoms with Crippen LogP contribution in [0.25, 0.3) is 11.0 Å². The minimum absolute atomic E-state index is 0.149. The van der Waals surface area contributed by atoms with Gasteiger partial charge in [-0.25, -0.2) is 4.98 Å². The maximum Gasteiger partial charge on any atom is 0.115 e. The van der Waals surface area contributed by atoms with Crippen LogP contribution in [0.5, 0.6) is 0 Å². The summed E-state index contributed by atoms with van der Waals surface area (Å²) in [5.74, 6) is 0. The van der Waals surface area contributed by atoms with Gasteiger partial charge in [-0.15, -0.1) is 11.3 Å². The third-order valence-corrected chi connectivity index (χ3v) is 4.13. The van der Waals surface area contributed by atoms with E-state index >= 15 is 0 Å². The second kappa shape index (κ2) is 5.22. The molecule has 0 aliphatic carbocycles. The highest BCUT2D eigenvalue weighted by molar-refractivity contribution is 9.10. The first-order valence-electron chi connectivity index (χ1n) is 5.80. The SMILES string of the molecule is CC(Nc1ccnc2cc(Br)cnc12)c1nccs1. The van der Waals surface area contributed by atoms with Crippen LogP contribution in [0.3, 0.4) is 0 Å². The highest BCUT2D eigenvalue weighted by Crippen LogP contribution is 2.26. The molecule has 3 heterocycles. The first kappa shape index (κ1) is 12.5. The molecule has 0 bridgehead atoms. The van der Waals surface area contributed by atoms with Gasteiger partial charge in [0.05, 0.1) is 17.2 Å². The van der Waals surface area contributed by atoms with Crippen molar-refractivity contribution in [1.82, 2.24) is 15.0 Å². The highest BCUT2D eigenvalue weighted by atomic mass is 79.9. The second-order valence-electron chi connectivity index (χ2n) is 4.12. The molecule has 3 aromatic heterocycles. The van der Waals surface area contributed by atoms with Crippen LogP contribution in [-0.2, 0) is 0 Å². The van der Waals surface area contributed by atoms with Gasteiger partial charge in [0.15, 0.2) is 0 Å². The Bertz CT molecular complexity index is 699. The highest BCUT2D eigenvalue weighted by Gasteiger charge is 2.10. The van der Waals surface area contributed by atoms with Gasteiger partial charge in [-0.1, -0.05) is 0 Å². The van der Waals surface area contributed by atoms with Crippen LogP contribution in [0.1, 0.15) is 18.0 Å². The summed E-state index contributed by atoms with van der Waals surface area (Å²) in [6.45, 7) is 2.09. The van der Waals surface area contributed by atoms with E-state index in [4.69, 9.17) is 0 Å². The average Bonchev–Trinajstić information content (AvgIpc) is 2.92. The fourth-order valence-electron chi connectivity index (χ4n) is 1.87. The Hall–Kier alpha value is -1.53. The average molecular weight is 335 g/mol. The number of nitrogens with one attached hydrogen (secondary N) is 1. The van der Waals surface area contributed by atoms with Crippen LogP contribution >= 0.6 is 27.3 Å². The van der Waals surface area contributed by atoms with Crippen molar-refractivity contribution in [2.45, 2.75) is 13.0 Å². The molecule has 1 atom stereocenters. The van der Waals surface area contributed by atoms with E-state index in [1.54, 1.807) is 23.7 Å². The first-order chi connectivity index (χ1) is 9.24. The molecule has 0 aliphatic heterocycles. The lowest BCUT2D eigenvalue weighted by molar-refractivity contribution is 0.870. The predicted molar refractivity (Wildman–Crippen MR) is 81.4 cm³/mol. The summed E-state index contributed by atoms with van der Waals surface area (Å²) in [4.78, 5) is 13.1. The fourth-order valence-corrected chi connectivity index (χ4v) is 2.83. The summed E-state index contributed by atoms with van der Waals surface area (Å²) in [6, 6.07) is 4.05. The Kier molecular flexibility index (Phi) is 3.44. The number of halogens is 1. The van der Waals surface area contributed by atoms with Crippen LogP contribution in [0.4, 0.5) is 5.69 Å². The van der Waals surface area contributed by atoms with Crippen LogP contribution < -0.4 is 5.32 Å². The maximum absolute atomic E-state index is 4.43. The molecule has 0 radical (unpaired) electrons. The van der Waals surface area contributed by atoms with E-state index in [-0.39, 0.29) is 6.04 Å². The van der Waals surface area contributed by atoms with Gasteiger partial charge in [-0.2, -0.15) is 0 Å². The van der Waals surface area contributed by atoms with E-state index in [2.05, 4.69) is 43.1 Å². The van der Waals surface area contributed by atoms with E-state index in [1.807, 2.05) is 23.7 Å². The Balaban J connectivity index is 1.97. The van der Waals surface area contributed by atoms with E-state index in [1.165, 1.54) is 0 Å². The van der Waals surface area contributed by atoms with E-state index in [0.717, 1.165) is 26.2 Å². The third kappa shape index (κ3) is 2.59. The molecule has 0 aliphatic rings. The third-order valence-electron chi connectivity index (χ3n) is 2.74. The number of nitrogens with zero attached hydrogens (tertiary/aromatic N) is 3. The van der Waals surface area contributed by atoms with Gasteiger partial charge in [0.2, 0.25) is 0 Å². The quantitative estimate of drug-likeness (QED) is 0.785. The molecule has 1 unspecified atom stereocenters. The predicted octanol–water partition coefficient (Wildman–Crippen LogP) is 4.02. The number of aromatic nitrogens is 3. The van der Waals surface area contributed by atoms with Crippen molar-refractivity contribution in [3.8, 4) is 0 Å². The normalized spacial score (nSPS) is 12.5. The Morgan fingerprint density at radius 2 is 2.16 bits per heavy atom. The van der Waals surface area contributed by atoms with Gasteiger partial charge in [0.1, 0.15) is 10.5 Å². The summed E-state index contributed by atoms with van der Waals surface area (Å²) in [7, 11) is 0.